The van der Waals surface area contributed by atoms with E-state index in [2.05, 4.69) is 25.3 Å². The lowest BCUT2D eigenvalue weighted by Gasteiger charge is -2.04. The van der Waals surface area contributed by atoms with Crippen molar-refractivity contribution >= 4 is 39.6 Å². The van der Waals surface area contributed by atoms with E-state index in [4.69, 9.17) is 0 Å². The van der Waals surface area contributed by atoms with Crippen LogP contribution >= 0.6 is 11.8 Å². The molecule has 2 aromatic heterocycles. The molecule has 3 N–H and O–H groups in total. The third kappa shape index (κ3) is 4.01. The lowest BCUT2D eigenvalue weighted by molar-refractivity contribution is -0.118. The fourth-order valence-electron chi connectivity index (χ4n) is 2.76. The van der Waals surface area contributed by atoms with E-state index in [0.717, 1.165) is 16.9 Å². The van der Waals surface area contributed by atoms with Gasteiger partial charge in [0.15, 0.2) is 5.16 Å². The third-order valence-corrected chi connectivity index (χ3v) is 4.93. The van der Waals surface area contributed by atoms with E-state index >= 15 is 0 Å². The molecule has 27 heavy (non-hydrogen) atoms. The van der Waals surface area contributed by atoms with E-state index in [0.29, 0.717) is 29.0 Å². The first-order chi connectivity index (χ1) is 13.2. The van der Waals surface area contributed by atoms with E-state index in [-0.39, 0.29) is 17.2 Å². The summed E-state index contributed by atoms with van der Waals surface area (Å²) in [5, 5.41) is 3.83. The van der Waals surface area contributed by atoms with Crippen LogP contribution in [0.3, 0.4) is 0 Å². The smallest absolute Gasteiger partial charge is 0.259 e. The molecule has 1 amide bonds. The summed E-state index contributed by atoms with van der Waals surface area (Å²) in [6, 6.07) is 14.9. The molecular formula is C19H17N5O2S. The fourth-order valence-corrected chi connectivity index (χ4v) is 3.46. The van der Waals surface area contributed by atoms with Crippen molar-refractivity contribution in [1.82, 2.24) is 25.3 Å². The van der Waals surface area contributed by atoms with Crippen LogP contribution in [0.1, 0.15) is 5.82 Å². The first-order valence-corrected chi connectivity index (χ1v) is 9.50. The summed E-state index contributed by atoms with van der Waals surface area (Å²) in [6.07, 6.45) is 0.621. The molecule has 4 rings (SSSR count). The predicted molar refractivity (Wildman–Crippen MR) is 106 cm³/mol. The molecule has 0 atom stereocenters. The molecule has 0 fully saturated rings. The number of rotatable bonds is 6. The van der Waals surface area contributed by atoms with Crippen LogP contribution in [-0.4, -0.2) is 38.1 Å². The summed E-state index contributed by atoms with van der Waals surface area (Å²) in [5.41, 5.74) is 2.32. The molecule has 8 heteroatoms. The Morgan fingerprint density at radius 3 is 2.63 bits per heavy atom. The normalized spacial score (nSPS) is 11.1. The minimum atomic E-state index is -0.201. The summed E-state index contributed by atoms with van der Waals surface area (Å²) in [6.45, 7) is 0.487. The monoisotopic (exact) mass is 379 g/mol. The first kappa shape index (κ1) is 17.3. The molecular weight excluding hydrogens is 362 g/mol. The number of fused-ring (bicyclic) bond motifs is 2. The Kier molecular flexibility index (Phi) is 4.88. The summed E-state index contributed by atoms with van der Waals surface area (Å²) in [7, 11) is 0. The maximum Gasteiger partial charge on any atom is 0.259 e. The van der Waals surface area contributed by atoms with Crippen molar-refractivity contribution in [2.75, 3.05) is 12.3 Å². The number of benzene rings is 2. The van der Waals surface area contributed by atoms with Crippen molar-refractivity contribution in [2.24, 2.45) is 0 Å². The molecule has 0 aliphatic carbocycles. The van der Waals surface area contributed by atoms with Gasteiger partial charge in [-0.3, -0.25) is 9.59 Å². The minimum Gasteiger partial charge on any atom is -0.355 e. The molecule has 0 saturated carbocycles. The first-order valence-electron chi connectivity index (χ1n) is 8.51. The molecule has 136 valence electrons. The molecule has 4 aromatic rings. The number of imidazole rings is 1. The van der Waals surface area contributed by atoms with Gasteiger partial charge >= 0.3 is 0 Å². The van der Waals surface area contributed by atoms with Gasteiger partial charge in [0.1, 0.15) is 5.82 Å². The van der Waals surface area contributed by atoms with Gasteiger partial charge in [-0.05, 0) is 24.3 Å². The third-order valence-electron chi connectivity index (χ3n) is 4.05. The average Bonchev–Trinajstić information content (AvgIpc) is 3.09. The molecule has 2 aromatic carbocycles. The Bertz CT molecular complexity index is 1130. The predicted octanol–water partition coefficient (Wildman–Crippen LogP) is 2.25. The van der Waals surface area contributed by atoms with Crippen LogP contribution in [0.5, 0.6) is 0 Å². The van der Waals surface area contributed by atoms with Crippen LogP contribution in [0.2, 0.25) is 0 Å². The SMILES string of the molecule is O=C(CSc1nc2ccccc2c(=O)[nH]1)NCCc1nc2ccccc2[nH]1. The van der Waals surface area contributed by atoms with Crippen molar-refractivity contribution in [2.45, 2.75) is 11.6 Å². The number of aromatic nitrogens is 4. The van der Waals surface area contributed by atoms with Crippen LogP contribution in [0.15, 0.2) is 58.5 Å². The maximum absolute atomic E-state index is 12.0. The second-order valence-corrected chi connectivity index (χ2v) is 6.94. The summed E-state index contributed by atoms with van der Waals surface area (Å²) in [5.74, 6) is 0.901. The van der Waals surface area contributed by atoms with Gasteiger partial charge in [0, 0.05) is 13.0 Å². The summed E-state index contributed by atoms with van der Waals surface area (Å²) < 4.78 is 0. The second kappa shape index (κ2) is 7.63. The molecule has 0 spiro atoms. The van der Waals surface area contributed by atoms with Crippen molar-refractivity contribution in [3.05, 3.63) is 64.7 Å². The van der Waals surface area contributed by atoms with Gasteiger partial charge in [0.05, 0.1) is 27.7 Å². The number of nitrogens with one attached hydrogen (secondary N) is 3. The van der Waals surface area contributed by atoms with Gasteiger partial charge in [-0.2, -0.15) is 0 Å². The molecule has 0 unspecified atom stereocenters. The summed E-state index contributed by atoms with van der Waals surface area (Å²) in [4.78, 5) is 38.9. The zero-order valence-corrected chi connectivity index (χ0v) is 15.2. The molecule has 7 nitrogen and oxygen atoms in total. The summed E-state index contributed by atoms with van der Waals surface area (Å²) >= 11 is 1.21. The fraction of sp³-hybridized carbons (Fsp3) is 0.158. The zero-order valence-electron chi connectivity index (χ0n) is 14.4. The Hall–Kier alpha value is -3.13. The quantitative estimate of drug-likeness (QED) is 0.352. The van der Waals surface area contributed by atoms with E-state index in [1.54, 1.807) is 18.2 Å². The number of carbonyl (C=O) groups excluding carboxylic acids is 1. The Labute approximate surface area is 158 Å². The lowest BCUT2D eigenvalue weighted by Crippen LogP contribution is -2.27. The van der Waals surface area contributed by atoms with Gasteiger partial charge in [0.25, 0.3) is 5.56 Å². The van der Waals surface area contributed by atoms with Crippen LogP contribution in [0, 0.1) is 0 Å². The topological polar surface area (TPSA) is 104 Å². The maximum atomic E-state index is 12.0. The number of amides is 1. The highest BCUT2D eigenvalue weighted by atomic mass is 32.2. The number of carbonyl (C=O) groups is 1. The molecule has 0 saturated heterocycles. The number of hydrogen-bond donors (Lipinski definition) is 3. The van der Waals surface area contributed by atoms with Gasteiger partial charge < -0.3 is 15.3 Å². The van der Waals surface area contributed by atoms with Crippen LogP contribution in [-0.2, 0) is 11.2 Å². The van der Waals surface area contributed by atoms with Crippen molar-refractivity contribution in [1.29, 1.82) is 0 Å². The van der Waals surface area contributed by atoms with Gasteiger partial charge in [-0.25, -0.2) is 9.97 Å². The lowest BCUT2D eigenvalue weighted by atomic mass is 10.2. The zero-order chi connectivity index (χ0) is 18.6. The molecule has 0 aliphatic heterocycles. The number of hydrogen-bond acceptors (Lipinski definition) is 5. The number of H-pyrrole nitrogens is 2. The van der Waals surface area contributed by atoms with E-state index in [9.17, 15) is 9.59 Å². The van der Waals surface area contributed by atoms with E-state index < -0.39 is 0 Å². The number of thioether (sulfide) groups is 1. The highest BCUT2D eigenvalue weighted by Crippen LogP contribution is 2.14. The number of aromatic amines is 2. The van der Waals surface area contributed by atoms with E-state index in [1.165, 1.54) is 11.8 Å². The minimum absolute atomic E-state index is 0.119. The number of nitrogens with zero attached hydrogens (tertiary/aromatic N) is 2. The van der Waals surface area contributed by atoms with Crippen LogP contribution < -0.4 is 10.9 Å². The molecule has 0 radical (unpaired) electrons. The van der Waals surface area contributed by atoms with Gasteiger partial charge in [-0.1, -0.05) is 36.0 Å². The molecule has 2 heterocycles. The van der Waals surface area contributed by atoms with Crippen LogP contribution in [0.25, 0.3) is 21.9 Å². The molecule has 0 bridgehead atoms. The second-order valence-electron chi connectivity index (χ2n) is 5.98. The Morgan fingerprint density at radius 2 is 1.78 bits per heavy atom. The highest BCUT2D eigenvalue weighted by molar-refractivity contribution is 7.99. The standard InChI is InChI=1S/C19H17N5O2S/c25-17(20-10-9-16-21-14-7-3-4-8-15(14)22-16)11-27-19-23-13-6-2-1-5-12(13)18(26)24-19/h1-8H,9-11H2,(H,20,25)(H,21,22)(H,23,24,26). The van der Waals surface area contributed by atoms with Crippen LogP contribution in [0.4, 0.5) is 0 Å². The highest BCUT2D eigenvalue weighted by Gasteiger charge is 2.08. The molecule has 0 aliphatic rings. The van der Waals surface area contributed by atoms with Gasteiger partial charge in [0.2, 0.25) is 5.91 Å². The number of para-hydroxylation sites is 3. The largest absolute Gasteiger partial charge is 0.355 e. The van der Waals surface area contributed by atoms with Crippen molar-refractivity contribution in [3.8, 4) is 0 Å². The van der Waals surface area contributed by atoms with E-state index in [1.807, 2.05) is 30.3 Å². The average molecular weight is 379 g/mol. The van der Waals surface area contributed by atoms with Gasteiger partial charge in [-0.15, -0.1) is 0 Å². The Balaban J connectivity index is 1.30. The Morgan fingerprint density at radius 1 is 1.00 bits per heavy atom. The van der Waals surface area contributed by atoms with Crippen molar-refractivity contribution < 1.29 is 4.79 Å². The van der Waals surface area contributed by atoms with Crippen molar-refractivity contribution in [3.63, 3.8) is 0 Å².